The van der Waals surface area contributed by atoms with Gasteiger partial charge in [0.25, 0.3) is 0 Å². The van der Waals surface area contributed by atoms with Gasteiger partial charge >= 0.3 is 0 Å². The van der Waals surface area contributed by atoms with Crippen molar-refractivity contribution in [3.8, 4) is 50.2 Å². The minimum Gasteiger partial charge on any atom is -0.456 e. The number of aromatic nitrogens is 1. The Kier molecular flexibility index (Phi) is 20.0. The molecule has 0 saturated carbocycles. The molecule has 26 rings (SSSR count). The number of para-hydroxylation sites is 7. The Morgan fingerprint density at radius 1 is 0.197 bits per heavy atom. The fourth-order valence-electron chi connectivity index (χ4n) is 22.6. The summed E-state index contributed by atoms with van der Waals surface area (Å²) < 4.78 is 8.77. The normalized spacial score (nSPS) is 13.3. The van der Waals surface area contributed by atoms with Gasteiger partial charge in [0.2, 0.25) is 0 Å². The maximum atomic E-state index is 6.37. The van der Waals surface area contributed by atoms with Crippen molar-refractivity contribution in [3.05, 3.63) is 583 Å². The standard InChI is InChI=1S/C70H51N3.C61H42N2O/c1-69(2)61-28-14-12-26-57(61)58-44-43-56(47-64(58)69)71(53-37-34-49(35-38-53)48-20-6-3-7-21-48)54-39-41-55(42-40-54)73-67-32-18-15-29-62(67)70(50-22-8-4-9-23-50,63-30-16-19-33-68(63)73)51-36-45-66-60(46-51)59-27-13-17-31-65(59)72(66)52-24-10-5-11-25-52;1-4-16-43(17-5-1)45-28-33-49(34-29-45)62(50-35-30-46(31-36-50)44-18-6-2-7-19-44)51-37-39-52(40-38-51)63-57-25-13-11-23-55(57)61(47-20-8-3-9-21-47,56-24-12-14-26-58(56)63)48-32-41-60-54(42-48)53-22-10-15-27-59(53)64-60/h3-47H,1-2H3;1-42H. The molecule has 648 valence electrons. The van der Waals surface area contributed by atoms with Crippen LogP contribution in [0.25, 0.3) is 93.9 Å². The molecule has 0 bridgehead atoms. The first kappa shape index (κ1) is 81.4. The number of hydrogen-bond acceptors (Lipinski definition) is 5. The van der Waals surface area contributed by atoms with E-state index in [1.165, 1.54) is 122 Å². The van der Waals surface area contributed by atoms with Gasteiger partial charge in [0.05, 0.1) is 44.6 Å². The van der Waals surface area contributed by atoms with E-state index < -0.39 is 10.8 Å². The lowest BCUT2D eigenvalue weighted by molar-refractivity contribution is 0.660. The van der Waals surface area contributed by atoms with Crippen molar-refractivity contribution in [3.63, 3.8) is 0 Å². The average molecular weight is 1750 g/mol. The van der Waals surface area contributed by atoms with Crippen molar-refractivity contribution in [2.24, 2.45) is 0 Å². The van der Waals surface area contributed by atoms with Gasteiger partial charge in [-0.3, -0.25) is 0 Å². The van der Waals surface area contributed by atoms with E-state index >= 15 is 0 Å². The molecule has 1 aliphatic carbocycles. The van der Waals surface area contributed by atoms with Crippen LogP contribution < -0.4 is 19.6 Å². The molecule has 3 aliphatic rings. The van der Waals surface area contributed by atoms with Gasteiger partial charge in [-0.1, -0.05) is 372 Å². The van der Waals surface area contributed by atoms with E-state index in [4.69, 9.17) is 4.42 Å². The summed E-state index contributed by atoms with van der Waals surface area (Å²) in [5.74, 6) is 0. The third-order valence-corrected chi connectivity index (χ3v) is 28.8. The Morgan fingerprint density at radius 3 is 0.978 bits per heavy atom. The smallest absolute Gasteiger partial charge is 0.135 e. The minimum absolute atomic E-state index is 0.133. The van der Waals surface area contributed by atoms with Crippen LogP contribution in [0.1, 0.15) is 69.5 Å². The summed E-state index contributed by atoms with van der Waals surface area (Å²) in [6.07, 6.45) is 0. The fraction of sp³-hybridized carbons (Fsp3) is 0.0382. The van der Waals surface area contributed by atoms with Crippen molar-refractivity contribution < 1.29 is 4.42 Å². The van der Waals surface area contributed by atoms with Crippen LogP contribution in [0.3, 0.4) is 0 Å². The van der Waals surface area contributed by atoms with Crippen molar-refractivity contribution >= 4 is 112 Å². The largest absolute Gasteiger partial charge is 0.456 e. The molecule has 0 radical (unpaired) electrons. The second-order valence-electron chi connectivity index (χ2n) is 36.5. The van der Waals surface area contributed by atoms with Crippen LogP contribution in [0.4, 0.5) is 68.2 Å². The first-order valence-corrected chi connectivity index (χ1v) is 47.3. The number of anilines is 12. The number of benzene rings is 21. The average Bonchev–Trinajstić information content (AvgIpc) is 1.44. The number of hydrogen-bond donors (Lipinski definition) is 0. The highest BCUT2D eigenvalue weighted by Crippen LogP contribution is 2.62. The Bertz CT molecular complexity index is 8270. The number of fused-ring (bicyclic) bond motifs is 13. The highest BCUT2D eigenvalue weighted by atomic mass is 16.3. The molecule has 21 aromatic carbocycles. The summed E-state index contributed by atoms with van der Waals surface area (Å²) in [4.78, 5) is 9.68. The molecule has 0 atom stereocenters. The maximum absolute atomic E-state index is 6.37. The molecule has 0 amide bonds. The molecule has 0 spiro atoms. The van der Waals surface area contributed by atoms with Gasteiger partial charge in [-0.05, 0) is 270 Å². The van der Waals surface area contributed by atoms with Crippen LogP contribution in [0.5, 0.6) is 0 Å². The second-order valence-corrected chi connectivity index (χ2v) is 36.5. The first-order valence-electron chi connectivity index (χ1n) is 47.3. The predicted octanol–water partition coefficient (Wildman–Crippen LogP) is 34.9. The van der Waals surface area contributed by atoms with Gasteiger partial charge in [-0.15, -0.1) is 0 Å². The van der Waals surface area contributed by atoms with Crippen LogP contribution in [0.15, 0.2) is 532 Å². The lowest BCUT2D eigenvalue weighted by Gasteiger charge is -2.46. The molecule has 137 heavy (non-hydrogen) atoms. The molecule has 0 N–H and O–H groups in total. The number of rotatable bonds is 16. The molecule has 0 saturated heterocycles. The van der Waals surface area contributed by atoms with Crippen molar-refractivity contribution in [1.82, 2.24) is 4.57 Å². The van der Waals surface area contributed by atoms with E-state index in [0.29, 0.717) is 0 Å². The predicted molar refractivity (Wildman–Crippen MR) is 571 cm³/mol. The third kappa shape index (κ3) is 13.5. The molecule has 2 aromatic heterocycles. The van der Waals surface area contributed by atoms with Crippen molar-refractivity contribution in [1.29, 1.82) is 0 Å². The monoisotopic (exact) mass is 1750 g/mol. The van der Waals surface area contributed by atoms with Crippen LogP contribution in [-0.2, 0) is 16.2 Å². The summed E-state index contributed by atoms with van der Waals surface area (Å²) in [6, 6.07) is 193. The Morgan fingerprint density at radius 2 is 0.518 bits per heavy atom. The minimum atomic E-state index is -0.640. The Balaban J connectivity index is 0.000000147. The molecule has 0 unspecified atom stereocenters. The highest BCUT2D eigenvalue weighted by molar-refractivity contribution is 6.11. The van der Waals surface area contributed by atoms with E-state index in [1.807, 2.05) is 6.07 Å². The van der Waals surface area contributed by atoms with Crippen molar-refractivity contribution in [2.75, 3.05) is 19.6 Å². The van der Waals surface area contributed by atoms with Gasteiger partial charge in [0.15, 0.2) is 0 Å². The van der Waals surface area contributed by atoms with Gasteiger partial charge in [0.1, 0.15) is 11.2 Å². The molecule has 6 nitrogen and oxygen atoms in total. The van der Waals surface area contributed by atoms with E-state index in [0.717, 1.165) is 95.9 Å². The zero-order valence-electron chi connectivity index (χ0n) is 75.9. The summed E-state index contributed by atoms with van der Waals surface area (Å²) in [5, 5.41) is 4.71. The molecule has 6 heteroatoms. The topological polar surface area (TPSA) is 31.0 Å². The molecular weight excluding hydrogens is 1660 g/mol. The van der Waals surface area contributed by atoms with E-state index in [-0.39, 0.29) is 5.41 Å². The highest BCUT2D eigenvalue weighted by Gasteiger charge is 2.49. The quantitative estimate of drug-likeness (QED) is 0.0962. The Hall–Kier alpha value is -17.6. The summed E-state index contributed by atoms with van der Waals surface area (Å²) in [6.45, 7) is 4.72. The van der Waals surface area contributed by atoms with Gasteiger partial charge in [0, 0.05) is 78.1 Å². The maximum Gasteiger partial charge on any atom is 0.135 e. The van der Waals surface area contributed by atoms with Crippen LogP contribution in [0.2, 0.25) is 0 Å². The van der Waals surface area contributed by atoms with Crippen molar-refractivity contribution in [2.45, 2.75) is 30.1 Å². The number of nitrogens with zero attached hydrogens (tertiary/aromatic N) is 5. The van der Waals surface area contributed by atoms with E-state index in [2.05, 4.69) is 560 Å². The SMILES string of the molecule is CC1(C)c2ccccc2-c2ccc(N(c3ccc(-c4ccccc4)cc3)c3ccc(N4c5ccccc5C(c5ccccc5)(c5ccc6c(c5)c5ccccc5n6-c5ccccc5)c5ccccc54)cc3)cc21.c1ccc(-c2ccc(N(c3ccc(-c4ccccc4)cc3)c3ccc(N4c5ccccc5C(c5ccccc5)(c5ccc6oc7ccccc7c6c5)c5ccccc54)cc3)cc2)cc1. The second kappa shape index (κ2) is 33.6. The lowest BCUT2D eigenvalue weighted by atomic mass is 9.62. The first-order chi connectivity index (χ1) is 67.7. The van der Waals surface area contributed by atoms with Crippen LogP contribution >= 0.6 is 0 Å². The zero-order chi connectivity index (χ0) is 91.1. The fourth-order valence-corrected chi connectivity index (χ4v) is 22.6. The molecule has 23 aromatic rings. The van der Waals surface area contributed by atoms with E-state index in [1.54, 1.807) is 0 Å². The number of furan rings is 1. The lowest BCUT2D eigenvalue weighted by Crippen LogP contribution is -2.37. The summed E-state index contributed by atoms with van der Waals surface area (Å²) >= 11 is 0. The van der Waals surface area contributed by atoms with Crippen LogP contribution in [0, 0.1) is 0 Å². The molecule has 2 aliphatic heterocycles. The van der Waals surface area contributed by atoms with Gasteiger partial charge < -0.3 is 28.6 Å². The van der Waals surface area contributed by atoms with Gasteiger partial charge in [-0.2, -0.15) is 0 Å². The summed E-state index contributed by atoms with van der Waals surface area (Å²) in [7, 11) is 0. The molecule has 0 fully saturated rings. The van der Waals surface area contributed by atoms with Crippen LogP contribution in [-0.4, -0.2) is 4.57 Å². The third-order valence-electron chi connectivity index (χ3n) is 28.8. The van der Waals surface area contributed by atoms with E-state index in [9.17, 15) is 0 Å². The van der Waals surface area contributed by atoms with Gasteiger partial charge in [-0.25, -0.2) is 0 Å². The zero-order valence-corrected chi connectivity index (χ0v) is 75.9. The summed E-state index contributed by atoms with van der Waals surface area (Å²) in [5.41, 5.74) is 39.5. The molecular formula is C131H93N5O. The Labute approximate surface area is 798 Å². The molecule has 4 heterocycles.